The maximum Gasteiger partial charge on any atom is 0.119 e. The number of hydrogen-bond donors (Lipinski definition) is 2. The number of benzene rings is 1. The van der Waals surface area contributed by atoms with E-state index in [0.717, 1.165) is 24.2 Å². The molecule has 0 radical (unpaired) electrons. The molecule has 1 aliphatic rings. The minimum atomic E-state index is -0.0613. The van der Waals surface area contributed by atoms with Crippen molar-refractivity contribution in [3.05, 3.63) is 29.3 Å². The van der Waals surface area contributed by atoms with E-state index in [1.807, 2.05) is 12.1 Å². The van der Waals surface area contributed by atoms with Gasteiger partial charge in [-0.05, 0) is 36.1 Å². The van der Waals surface area contributed by atoms with Crippen molar-refractivity contribution in [3.8, 4) is 5.75 Å². The first-order valence-corrected chi connectivity index (χ1v) is 5.29. The lowest BCUT2D eigenvalue weighted by molar-refractivity contribution is 0.190. The molecular formula is C12H17NO2. The zero-order chi connectivity index (χ0) is 10.8. The summed E-state index contributed by atoms with van der Waals surface area (Å²) in [5.74, 6) is 1.02. The van der Waals surface area contributed by atoms with Crippen molar-refractivity contribution in [1.82, 2.24) is 0 Å². The predicted molar refractivity (Wildman–Crippen MR) is 58.8 cm³/mol. The third-order valence-electron chi connectivity index (χ3n) is 3.24. The van der Waals surface area contributed by atoms with Crippen molar-refractivity contribution in [2.75, 3.05) is 13.7 Å². The predicted octanol–water partition coefficient (Wildman–Crippen LogP) is 1.25. The van der Waals surface area contributed by atoms with Crippen LogP contribution in [0.15, 0.2) is 18.2 Å². The summed E-state index contributed by atoms with van der Waals surface area (Å²) >= 11 is 0. The molecule has 0 aliphatic heterocycles. The molecule has 0 heterocycles. The fraction of sp³-hybridized carbons (Fsp3) is 0.500. The van der Waals surface area contributed by atoms with Crippen molar-refractivity contribution in [3.63, 3.8) is 0 Å². The van der Waals surface area contributed by atoms with E-state index >= 15 is 0 Å². The van der Waals surface area contributed by atoms with Gasteiger partial charge in [0, 0.05) is 18.6 Å². The van der Waals surface area contributed by atoms with Crippen molar-refractivity contribution in [2.24, 2.45) is 11.7 Å². The maximum atomic E-state index is 9.20. The van der Waals surface area contributed by atoms with Crippen LogP contribution >= 0.6 is 0 Å². The fourth-order valence-corrected chi connectivity index (χ4v) is 2.22. The second-order valence-corrected chi connectivity index (χ2v) is 4.07. The molecule has 82 valence electrons. The first-order valence-electron chi connectivity index (χ1n) is 5.29. The first kappa shape index (κ1) is 10.5. The van der Waals surface area contributed by atoms with Crippen LogP contribution in [0.25, 0.3) is 0 Å². The van der Waals surface area contributed by atoms with E-state index in [1.54, 1.807) is 7.11 Å². The van der Waals surface area contributed by atoms with E-state index in [2.05, 4.69) is 6.07 Å². The highest BCUT2D eigenvalue weighted by atomic mass is 16.5. The molecule has 2 atom stereocenters. The third kappa shape index (κ3) is 1.85. The summed E-state index contributed by atoms with van der Waals surface area (Å²) in [6.07, 6.45) is 1.97. The summed E-state index contributed by atoms with van der Waals surface area (Å²) in [4.78, 5) is 0. The summed E-state index contributed by atoms with van der Waals surface area (Å²) in [6, 6.07) is 5.96. The van der Waals surface area contributed by atoms with Gasteiger partial charge >= 0.3 is 0 Å². The monoisotopic (exact) mass is 207 g/mol. The number of rotatable bonds is 2. The summed E-state index contributed by atoms with van der Waals surface area (Å²) < 4.78 is 5.18. The molecule has 0 spiro atoms. The highest BCUT2D eigenvalue weighted by Gasteiger charge is 2.26. The van der Waals surface area contributed by atoms with Gasteiger partial charge in [-0.25, -0.2) is 0 Å². The van der Waals surface area contributed by atoms with Crippen LogP contribution in [0.4, 0.5) is 0 Å². The molecule has 15 heavy (non-hydrogen) atoms. The van der Waals surface area contributed by atoms with Gasteiger partial charge in [0.1, 0.15) is 5.75 Å². The highest BCUT2D eigenvalue weighted by molar-refractivity contribution is 5.39. The molecule has 3 nitrogen and oxygen atoms in total. The van der Waals surface area contributed by atoms with Gasteiger partial charge in [-0.2, -0.15) is 0 Å². The van der Waals surface area contributed by atoms with Gasteiger partial charge in [0.2, 0.25) is 0 Å². The Morgan fingerprint density at radius 1 is 1.53 bits per heavy atom. The Labute approximate surface area is 89.9 Å². The molecular weight excluding hydrogens is 190 g/mol. The number of aliphatic hydroxyl groups is 1. The summed E-state index contributed by atoms with van der Waals surface area (Å²) in [5.41, 5.74) is 8.52. The van der Waals surface area contributed by atoms with Crippen molar-refractivity contribution >= 4 is 0 Å². The zero-order valence-corrected chi connectivity index (χ0v) is 8.94. The zero-order valence-electron chi connectivity index (χ0n) is 8.94. The molecule has 0 saturated carbocycles. The molecule has 0 amide bonds. The van der Waals surface area contributed by atoms with Crippen molar-refractivity contribution in [2.45, 2.75) is 18.9 Å². The smallest absolute Gasteiger partial charge is 0.119 e. The lowest BCUT2D eigenvalue weighted by Crippen LogP contribution is -2.29. The van der Waals surface area contributed by atoms with E-state index in [-0.39, 0.29) is 18.6 Å². The van der Waals surface area contributed by atoms with E-state index in [0.29, 0.717) is 0 Å². The minimum Gasteiger partial charge on any atom is -0.497 e. The molecule has 2 unspecified atom stereocenters. The van der Waals surface area contributed by atoms with Gasteiger partial charge in [0.25, 0.3) is 0 Å². The Morgan fingerprint density at radius 2 is 2.33 bits per heavy atom. The first-order chi connectivity index (χ1) is 7.26. The van der Waals surface area contributed by atoms with Crippen LogP contribution in [0.3, 0.4) is 0 Å². The van der Waals surface area contributed by atoms with Crippen LogP contribution in [0.1, 0.15) is 23.6 Å². The van der Waals surface area contributed by atoms with Crippen LogP contribution in [-0.2, 0) is 6.42 Å². The molecule has 1 aromatic rings. The second-order valence-electron chi connectivity index (χ2n) is 4.07. The van der Waals surface area contributed by atoms with Gasteiger partial charge in [0.05, 0.1) is 7.11 Å². The van der Waals surface area contributed by atoms with Crippen molar-refractivity contribution in [1.29, 1.82) is 0 Å². The molecule has 3 N–H and O–H groups in total. The van der Waals surface area contributed by atoms with Crippen LogP contribution in [0, 0.1) is 5.92 Å². The van der Waals surface area contributed by atoms with Gasteiger partial charge < -0.3 is 15.6 Å². The Balaban J connectivity index is 2.35. The van der Waals surface area contributed by atoms with Crippen LogP contribution in [-0.4, -0.2) is 18.8 Å². The van der Waals surface area contributed by atoms with E-state index < -0.39 is 0 Å². The van der Waals surface area contributed by atoms with E-state index in [4.69, 9.17) is 10.5 Å². The lowest BCUT2D eigenvalue weighted by atomic mass is 9.80. The number of nitrogens with two attached hydrogens (primary N) is 1. The number of aliphatic hydroxyl groups excluding tert-OH is 1. The molecule has 3 heteroatoms. The number of aryl methyl sites for hydroxylation is 1. The van der Waals surface area contributed by atoms with Crippen LogP contribution in [0.2, 0.25) is 0 Å². The van der Waals surface area contributed by atoms with Gasteiger partial charge in [0.15, 0.2) is 0 Å². The summed E-state index contributed by atoms with van der Waals surface area (Å²) in [6.45, 7) is 0.165. The quantitative estimate of drug-likeness (QED) is 0.767. The largest absolute Gasteiger partial charge is 0.497 e. The number of fused-ring (bicyclic) bond motifs is 1. The molecule has 0 aromatic heterocycles. The second kappa shape index (κ2) is 4.21. The molecule has 2 rings (SSSR count). The van der Waals surface area contributed by atoms with Gasteiger partial charge in [-0.15, -0.1) is 0 Å². The number of ether oxygens (including phenoxy) is 1. The van der Waals surface area contributed by atoms with Gasteiger partial charge in [-0.3, -0.25) is 0 Å². The molecule has 0 saturated heterocycles. The fourth-order valence-electron chi connectivity index (χ4n) is 2.22. The Kier molecular flexibility index (Phi) is 2.93. The van der Waals surface area contributed by atoms with Gasteiger partial charge in [-0.1, -0.05) is 6.07 Å². The Hall–Kier alpha value is -1.06. The normalized spacial score (nSPS) is 24.7. The standard InChI is InChI=1S/C12H17NO2/c1-15-10-5-4-8-2-3-9(7-14)12(13)11(8)6-10/h4-6,9,12,14H,2-3,7,13H2,1H3. The highest BCUT2D eigenvalue weighted by Crippen LogP contribution is 2.34. The maximum absolute atomic E-state index is 9.20. The topological polar surface area (TPSA) is 55.5 Å². The average molecular weight is 207 g/mol. The molecule has 0 bridgehead atoms. The lowest BCUT2D eigenvalue weighted by Gasteiger charge is -2.29. The van der Waals surface area contributed by atoms with E-state index in [1.165, 1.54) is 5.56 Å². The Bertz CT molecular complexity index is 351. The SMILES string of the molecule is COc1ccc2c(c1)C(N)C(CO)CC2. The molecule has 0 fully saturated rings. The van der Waals surface area contributed by atoms with Crippen LogP contribution in [0.5, 0.6) is 5.75 Å². The minimum absolute atomic E-state index is 0.0613. The van der Waals surface area contributed by atoms with E-state index in [9.17, 15) is 5.11 Å². The molecule has 1 aliphatic carbocycles. The number of methoxy groups -OCH3 is 1. The summed E-state index contributed by atoms with van der Waals surface area (Å²) in [5, 5.41) is 9.20. The van der Waals surface area contributed by atoms with Crippen molar-refractivity contribution < 1.29 is 9.84 Å². The Morgan fingerprint density at radius 3 is 3.00 bits per heavy atom. The molecule has 1 aromatic carbocycles. The van der Waals surface area contributed by atoms with Crippen LogP contribution < -0.4 is 10.5 Å². The average Bonchev–Trinajstić information content (AvgIpc) is 2.29. The summed E-state index contributed by atoms with van der Waals surface area (Å²) in [7, 11) is 1.65. The third-order valence-corrected chi connectivity index (χ3v) is 3.24. The number of hydrogen-bond acceptors (Lipinski definition) is 3.